The Morgan fingerprint density at radius 3 is 2.72 bits per heavy atom. The van der Waals surface area contributed by atoms with Crippen molar-refractivity contribution in [2.45, 2.75) is 36.0 Å². The number of halogens is 3. The van der Waals surface area contributed by atoms with E-state index < -0.39 is 11.4 Å². The molecule has 2 saturated heterocycles. The molecule has 0 spiro atoms. The minimum absolute atomic E-state index is 0.0235. The van der Waals surface area contributed by atoms with Crippen molar-refractivity contribution in [3.8, 4) is 23.7 Å². The summed E-state index contributed by atoms with van der Waals surface area (Å²) in [7, 11) is 2.08. The number of alkyl halides is 3. The van der Waals surface area contributed by atoms with E-state index >= 15 is 0 Å². The fraction of sp³-hybridized carbons (Fsp3) is 0.531. The molecule has 250 valence electrons. The third-order valence-corrected chi connectivity index (χ3v) is 9.02. The van der Waals surface area contributed by atoms with Crippen molar-refractivity contribution in [2.24, 2.45) is 11.8 Å². The smallest absolute Gasteiger partial charge is 0.379 e. The van der Waals surface area contributed by atoms with Crippen LogP contribution in [0.25, 0.3) is 5.65 Å². The maximum atomic E-state index is 13.7. The van der Waals surface area contributed by atoms with Crippen LogP contribution >= 0.6 is 11.8 Å². The van der Waals surface area contributed by atoms with Crippen molar-refractivity contribution in [1.29, 1.82) is 0 Å². The van der Waals surface area contributed by atoms with Gasteiger partial charge >= 0.3 is 5.51 Å². The van der Waals surface area contributed by atoms with Crippen molar-refractivity contribution in [2.75, 3.05) is 71.6 Å². The number of anilines is 1. The van der Waals surface area contributed by atoms with Gasteiger partial charge in [-0.05, 0) is 56.3 Å². The van der Waals surface area contributed by atoms with Crippen molar-refractivity contribution in [3.63, 3.8) is 0 Å². The molecule has 4 bridgehead atoms. The first-order chi connectivity index (χ1) is 22.7. The highest BCUT2D eigenvalue weighted by Gasteiger charge is 2.34. The number of imidazole rings is 1. The lowest BCUT2D eigenvalue weighted by molar-refractivity contribution is -0.0330. The predicted molar refractivity (Wildman–Crippen MR) is 169 cm³/mol. The van der Waals surface area contributed by atoms with Crippen molar-refractivity contribution < 1.29 is 32.2 Å². The number of carbonyl (C=O) groups excluding carboxylic acids is 1. The summed E-state index contributed by atoms with van der Waals surface area (Å²) < 4.78 is 61.1. The van der Waals surface area contributed by atoms with Crippen LogP contribution in [0.3, 0.4) is 0 Å². The van der Waals surface area contributed by atoms with E-state index in [1.54, 1.807) is 16.9 Å². The van der Waals surface area contributed by atoms with Gasteiger partial charge in [-0.15, -0.1) is 0 Å². The second-order valence-electron chi connectivity index (χ2n) is 11.6. The number of pyridine rings is 1. The third kappa shape index (κ3) is 8.41. The Labute approximate surface area is 274 Å². The Bertz CT molecular complexity index is 1700. The number of nitrogens with one attached hydrogen (secondary N) is 2. The van der Waals surface area contributed by atoms with E-state index in [1.165, 1.54) is 10.6 Å². The number of nitrogens with zero attached hydrogens (tertiary/aromatic N) is 5. The highest BCUT2D eigenvalue weighted by Crippen LogP contribution is 2.39. The highest BCUT2D eigenvalue weighted by molar-refractivity contribution is 8.00. The summed E-state index contributed by atoms with van der Waals surface area (Å²) in [6, 6.07) is 3.60. The lowest BCUT2D eigenvalue weighted by Crippen LogP contribution is -2.45. The molecule has 1 amide bonds. The molecule has 3 aliphatic rings. The minimum Gasteiger partial charge on any atom is -0.379 e. The van der Waals surface area contributed by atoms with Crippen molar-refractivity contribution in [3.05, 3.63) is 41.5 Å². The Morgan fingerprint density at radius 2 is 1.94 bits per heavy atom. The summed E-state index contributed by atoms with van der Waals surface area (Å²) in [4.78, 5) is 20.0. The van der Waals surface area contributed by atoms with Gasteiger partial charge in [0.2, 0.25) is 0 Å². The average Bonchev–Trinajstić information content (AvgIpc) is 3.57. The topological polar surface area (TPSA) is 107 Å². The minimum atomic E-state index is -4.56. The average molecular weight is 672 g/mol. The second kappa shape index (κ2) is 15.0. The fourth-order valence-corrected chi connectivity index (χ4v) is 6.40. The summed E-state index contributed by atoms with van der Waals surface area (Å²) in [6.45, 7) is 4.81. The number of ether oxygens (including phenoxy) is 3. The maximum Gasteiger partial charge on any atom is 0.447 e. The summed E-state index contributed by atoms with van der Waals surface area (Å²) in [6.07, 6.45) is 4.65. The Kier molecular flexibility index (Phi) is 10.6. The molecule has 15 heteroatoms. The fourth-order valence-electron chi connectivity index (χ4n) is 5.74. The molecule has 47 heavy (non-hydrogen) atoms. The van der Waals surface area contributed by atoms with E-state index in [0.717, 1.165) is 25.9 Å². The van der Waals surface area contributed by atoms with Gasteiger partial charge in [0.1, 0.15) is 16.4 Å². The summed E-state index contributed by atoms with van der Waals surface area (Å²) in [5.74, 6) is 11.6. The molecule has 6 heterocycles. The van der Waals surface area contributed by atoms with Gasteiger partial charge in [-0.25, -0.2) is 4.98 Å². The van der Waals surface area contributed by atoms with Crippen LogP contribution < -0.4 is 10.6 Å². The molecule has 2 atom stereocenters. The Balaban J connectivity index is 1.30. The van der Waals surface area contributed by atoms with Gasteiger partial charge < -0.3 is 29.7 Å². The predicted octanol–water partition coefficient (Wildman–Crippen LogP) is 3.09. The lowest BCUT2D eigenvalue weighted by Gasteiger charge is -2.37. The summed E-state index contributed by atoms with van der Waals surface area (Å²) in [5, 5.41) is 10.5. The largest absolute Gasteiger partial charge is 0.447 e. The van der Waals surface area contributed by atoms with E-state index in [2.05, 4.69) is 56.3 Å². The van der Waals surface area contributed by atoms with Crippen LogP contribution in [-0.2, 0) is 20.8 Å². The molecular weight excluding hydrogens is 635 g/mol. The van der Waals surface area contributed by atoms with Crippen LogP contribution in [0.2, 0.25) is 0 Å². The van der Waals surface area contributed by atoms with Gasteiger partial charge in [0.25, 0.3) is 5.91 Å². The molecule has 0 aromatic carbocycles. The number of fused-ring (bicyclic) bond motifs is 4. The zero-order valence-corrected chi connectivity index (χ0v) is 26.8. The number of carbonyl (C=O) groups is 1. The van der Waals surface area contributed by atoms with Crippen LogP contribution in [-0.4, -0.2) is 108 Å². The van der Waals surface area contributed by atoms with E-state index in [0.29, 0.717) is 63.2 Å². The number of rotatable bonds is 1. The third-order valence-electron chi connectivity index (χ3n) is 8.21. The van der Waals surface area contributed by atoms with E-state index in [-0.39, 0.29) is 52.5 Å². The van der Waals surface area contributed by atoms with Crippen molar-refractivity contribution in [1.82, 2.24) is 29.4 Å². The number of hydrogen-bond acceptors (Lipinski definition) is 9. The van der Waals surface area contributed by atoms with Gasteiger partial charge in [-0.1, -0.05) is 11.8 Å². The Morgan fingerprint density at radius 1 is 1.11 bits per heavy atom. The molecule has 0 saturated carbocycles. The second-order valence-corrected chi connectivity index (χ2v) is 12.7. The van der Waals surface area contributed by atoms with Crippen LogP contribution in [0.4, 0.5) is 18.9 Å². The highest BCUT2D eigenvalue weighted by atomic mass is 32.2. The number of amides is 1. The molecule has 3 aromatic heterocycles. The molecule has 0 radical (unpaired) electrons. The zero-order chi connectivity index (χ0) is 32.8. The SMILES string of the molecule is CN1CC[C@@H]2Nc3cccn4c(SC(F)(F)F)c(nc34)C#CCNC(=O)c3cnn(c3C#CC3COC3)CCOCCOCC[C@H]2C1. The molecule has 11 nitrogen and oxygen atoms in total. The lowest BCUT2D eigenvalue weighted by atomic mass is 9.89. The zero-order valence-electron chi connectivity index (χ0n) is 25.9. The summed E-state index contributed by atoms with van der Waals surface area (Å²) >= 11 is -0.263. The number of aromatic nitrogens is 4. The number of thioether (sulfide) groups is 1. The molecule has 6 rings (SSSR count). The van der Waals surface area contributed by atoms with Gasteiger partial charge in [-0.2, -0.15) is 18.3 Å². The number of hydrogen-bond donors (Lipinski definition) is 2. The first-order valence-corrected chi connectivity index (χ1v) is 16.4. The van der Waals surface area contributed by atoms with Gasteiger partial charge in [0.15, 0.2) is 5.65 Å². The van der Waals surface area contributed by atoms with Crippen LogP contribution in [0, 0.1) is 35.5 Å². The normalized spacial score (nSPS) is 22.2. The van der Waals surface area contributed by atoms with E-state index in [1.807, 2.05) is 6.07 Å². The maximum absolute atomic E-state index is 13.7. The van der Waals surface area contributed by atoms with Gasteiger partial charge in [0, 0.05) is 37.2 Å². The molecule has 0 unspecified atom stereocenters. The molecule has 2 fully saturated rings. The first kappa shape index (κ1) is 33.2. The van der Waals surface area contributed by atoms with E-state index in [4.69, 9.17) is 14.2 Å². The van der Waals surface area contributed by atoms with Crippen LogP contribution in [0.1, 0.15) is 34.6 Å². The van der Waals surface area contributed by atoms with Crippen LogP contribution in [0.15, 0.2) is 29.6 Å². The van der Waals surface area contributed by atoms with Gasteiger partial charge in [0.05, 0.1) is 69.5 Å². The first-order valence-electron chi connectivity index (χ1n) is 15.5. The quantitative estimate of drug-likeness (QED) is 0.298. The molecule has 3 aromatic rings. The molecular formula is C32H36F3N7O4S. The van der Waals surface area contributed by atoms with Crippen LogP contribution in [0.5, 0.6) is 0 Å². The molecule has 0 aliphatic carbocycles. The standard InChI is InChI=1S/C32H36F3N7O4S/c1-40-12-8-25-23(19-40)9-14-44-16-17-45-15-13-42-28(7-6-22-20-46-21-22)24(18-37-42)30(43)36-10-2-4-27-31(47-32(33,34)35)41-11-3-5-26(38-25)29(41)39-27/h3,5,11,18,22-23,25,38H,8-10,12-17,19-21H2,1H3,(H,36,43)/t23-,25-/m0/s1. The van der Waals surface area contributed by atoms with Gasteiger partial charge in [-0.3, -0.25) is 13.9 Å². The molecule has 3 aliphatic heterocycles. The van der Waals surface area contributed by atoms with E-state index in [9.17, 15) is 18.0 Å². The van der Waals surface area contributed by atoms with Crippen molar-refractivity contribution >= 4 is 29.0 Å². The Hall–Kier alpha value is -3.73. The molecule has 2 N–H and O–H groups in total. The number of likely N-dealkylation sites (tertiary alicyclic amines) is 1. The monoisotopic (exact) mass is 671 g/mol. The number of piperidine rings is 1. The summed E-state index contributed by atoms with van der Waals surface area (Å²) in [5.41, 5.74) is -2.89.